The highest BCUT2D eigenvalue weighted by Crippen LogP contribution is 2.20. The Bertz CT molecular complexity index is 337. The van der Waals surface area contributed by atoms with Crippen molar-refractivity contribution in [2.45, 2.75) is 39.2 Å². The Morgan fingerprint density at radius 2 is 2.00 bits per heavy atom. The van der Waals surface area contributed by atoms with E-state index in [1.165, 1.54) is 12.1 Å². The lowest BCUT2D eigenvalue weighted by atomic mass is 10.2. The quantitative estimate of drug-likeness (QED) is 0.728. The highest BCUT2D eigenvalue weighted by molar-refractivity contribution is 9.10. The van der Waals surface area contributed by atoms with Crippen LogP contribution in [-0.4, -0.2) is 19.2 Å². The monoisotopic (exact) mass is 317 g/mol. The second-order valence-corrected chi connectivity index (χ2v) is 5.54. The van der Waals surface area contributed by atoms with Crippen molar-refractivity contribution in [2.24, 2.45) is 0 Å². The van der Waals surface area contributed by atoms with Gasteiger partial charge < -0.3 is 10.1 Å². The number of nitrogens with one attached hydrogen (secondary N) is 1. The maximum Gasteiger partial charge on any atom is 0.128 e. The topological polar surface area (TPSA) is 21.3 Å². The minimum absolute atomic E-state index is 0.277. The fraction of sp³-hybridized carbons (Fsp3) is 0.571. The van der Waals surface area contributed by atoms with Crippen LogP contribution >= 0.6 is 15.9 Å². The highest BCUT2D eigenvalue weighted by atomic mass is 79.9. The lowest BCUT2D eigenvalue weighted by molar-refractivity contribution is 0.303. The molecule has 1 rings (SSSR count). The zero-order chi connectivity index (χ0) is 13.4. The number of hydrogen-bond acceptors (Lipinski definition) is 2. The molecule has 0 aromatic heterocycles. The van der Waals surface area contributed by atoms with Gasteiger partial charge in [-0.1, -0.05) is 29.8 Å². The van der Waals surface area contributed by atoms with E-state index in [1.54, 1.807) is 6.07 Å². The van der Waals surface area contributed by atoms with Crippen LogP contribution in [0.25, 0.3) is 0 Å². The van der Waals surface area contributed by atoms with Gasteiger partial charge in [0.1, 0.15) is 11.6 Å². The second kappa shape index (κ2) is 8.48. The summed E-state index contributed by atoms with van der Waals surface area (Å²) in [6, 6.07) is 5.16. The van der Waals surface area contributed by atoms with Gasteiger partial charge in [0.2, 0.25) is 0 Å². The van der Waals surface area contributed by atoms with Crippen LogP contribution in [0.15, 0.2) is 22.7 Å². The van der Waals surface area contributed by atoms with E-state index in [0.717, 1.165) is 25.8 Å². The maximum absolute atomic E-state index is 13.1. The Morgan fingerprint density at radius 3 is 2.67 bits per heavy atom. The summed E-state index contributed by atoms with van der Waals surface area (Å²) in [5.41, 5.74) is 0. The fourth-order valence-electron chi connectivity index (χ4n) is 1.60. The predicted molar refractivity (Wildman–Crippen MR) is 76.6 cm³/mol. The average Bonchev–Trinajstić information content (AvgIpc) is 2.26. The summed E-state index contributed by atoms with van der Waals surface area (Å²) in [4.78, 5) is 0. The van der Waals surface area contributed by atoms with E-state index in [4.69, 9.17) is 4.74 Å². The van der Waals surface area contributed by atoms with Crippen molar-refractivity contribution in [2.75, 3.05) is 13.2 Å². The number of ether oxygens (including phenoxy) is 1. The minimum atomic E-state index is -0.277. The van der Waals surface area contributed by atoms with Gasteiger partial charge in [0, 0.05) is 16.6 Å². The van der Waals surface area contributed by atoms with Gasteiger partial charge in [0.15, 0.2) is 0 Å². The normalized spacial score (nSPS) is 10.9. The molecule has 0 unspecified atom stereocenters. The van der Waals surface area contributed by atoms with E-state index in [-0.39, 0.29) is 5.82 Å². The first-order chi connectivity index (χ1) is 8.58. The van der Waals surface area contributed by atoms with Crippen molar-refractivity contribution in [1.29, 1.82) is 0 Å². The molecule has 0 radical (unpaired) electrons. The zero-order valence-electron chi connectivity index (χ0n) is 11.0. The summed E-state index contributed by atoms with van der Waals surface area (Å²) in [7, 11) is 0. The van der Waals surface area contributed by atoms with Crippen LogP contribution in [0.1, 0.15) is 33.1 Å². The van der Waals surface area contributed by atoms with Gasteiger partial charge in [-0.3, -0.25) is 0 Å². The van der Waals surface area contributed by atoms with Gasteiger partial charge in [0.05, 0.1) is 6.61 Å². The van der Waals surface area contributed by atoms with Crippen molar-refractivity contribution in [1.82, 2.24) is 5.32 Å². The maximum atomic E-state index is 13.1. The molecule has 0 heterocycles. The molecule has 1 aromatic carbocycles. The molecule has 0 bridgehead atoms. The molecule has 1 aromatic rings. The number of benzene rings is 1. The Hall–Kier alpha value is -0.610. The highest BCUT2D eigenvalue weighted by Gasteiger charge is 2.00. The lowest BCUT2D eigenvalue weighted by Crippen LogP contribution is -2.23. The molecule has 18 heavy (non-hydrogen) atoms. The van der Waals surface area contributed by atoms with Crippen LogP contribution in [-0.2, 0) is 0 Å². The first-order valence-electron chi connectivity index (χ1n) is 6.40. The fourth-order valence-corrected chi connectivity index (χ4v) is 2.04. The standard InChI is InChI=1S/C14H21BrFNO/c1-11(2)17-6-4-3-5-7-18-14-9-12(15)8-13(16)10-14/h8-11,17H,3-7H2,1-2H3. The first-order valence-corrected chi connectivity index (χ1v) is 7.19. The molecule has 2 nitrogen and oxygen atoms in total. The Kier molecular flexibility index (Phi) is 7.28. The summed E-state index contributed by atoms with van der Waals surface area (Å²) >= 11 is 3.24. The van der Waals surface area contributed by atoms with E-state index in [0.29, 0.717) is 22.9 Å². The van der Waals surface area contributed by atoms with Crippen molar-refractivity contribution >= 4 is 15.9 Å². The number of halogens is 2. The van der Waals surface area contributed by atoms with E-state index < -0.39 is 0 Å². The largest absolute Gasteiger partial charge is 0.493 e. The third kappa shape index (κ3) is 6.97. The van der Waals surface area contributed by atoms with Crippen LogP contribution in [0.4, 0.5) is 4.39 Å². The smallest absolute Gasteiger partial charge is 0.128 e. The van der Waals surface area contributed by atoms with Gasteiger partial charge in [0.25, 0.3) is 0 Å². The molecule has 0 fully saturated rings. The number of unbranched alkanes of at least 4 members (excludes halogenated alkanes) is 2. The SMILES string of the molecule is CC(C)NCCCCCOc1cc(F)cc(Br)c1. The summed E-state index contributed by atoms with van der Waals surface area (Å²) < 4.78 is 19.3. The van der Waals surface area contributed by atoms with Gasteiger partial charge in [-0.25, -0.2) is 4.39 Å². The van der Waals surface area contributed by atoms with Crippen LogP contribution in [0.2, 0.25) is 0 Å². The molecule has 102 valence electrons. The first kappa shape index (κ1) is 15.4. The van der Waals surface area contributed by atoms with Gasteiger partial charge in [-0.2, -0.15) is 0 Å². The number of hydrogen-bond donors (Lipinski definition) is 1. The van der Waals surface area contributed by atoms with Gasteiger partial charge in [-0.05, 0) is 37.9 Å². The van der Waals surface area contributed by atoms with Crippen LogP contribution < -0.4 is 10.1 Å². The van der Waals surface area contributed by atoms with E-state index in [9.17, 15) is 4.39 Å². The molecule has 4 heteroatoms. The molecule has 0 atom stereocenters. The molecule has 1 N–H and O–H groups in total. The van der Waals surface area contributed by atoms with Crippen molar-refractivity contribution < 1.29 is 9.13 Å². The molecule has 0 amide bonds. The third-order valence-corrected chi connectivity index (χ3v) is 2.94. The summed E-state index contributed by atoms with van der Waals surface area (Å²) in [6.45, 7) is 5.97. The molecule has 0 spiro atoms. The molecule has 0 aliphatic carbocycles. The summed E-state index contributed by atoms with van der Waals surface area (Å²) in [6.07, 6.45) is 3.26. The Morgan fingerprint density at radius 1 is 1.22 bits per heavy atom. The van der Waals surface area contributed by atoms with Crippen LogP contribution in [0.5, 0.6) is 5.75 Å². The zero-order valence-corrected chi connectivity index (χ0v) is 12.6. The molecule has 0 saturated carbocycles. The predicted octanol–water partition coefficient (Wildman–Crippen LogP) is 4.14. The second-order valence-electron chi connectivity index (χ2n) is 4.62. The van der Waals surface area contributed by atoms with E-state index >= 15 is 0 Å². The molecule has 0 aliphatic rings. The summed E-state index contributed by atoms with van der Waals surface area (Å²) in [5.74, 6) is 0.308. The Labute approximate surface area is 117 Å². The minimum Gasteiger partial charge on any atom is -0.493 e. The molecular weight excluding hydrogens is 297 g/mol. The van der Waals surface area contributed by atoms with Gasteiger partial charge in [-0.15, -0.1) is 0 Å². The molecular formula is C14H21BrFNO. The van der Waals surface area contributed by atoms with Crippen molar-refractivity contribution in [3.63, 3.8) is 0 Å². The van der Waals surface area contributed by atoms with Crippen molar-refractivity contribution in [3.8, 4) is 5.75 Å². The number of rotatable bonds is 8. The lowest BCUT2D eigenvalue weighted by Gasteiger charge is -2.08. The van der Waals surface area contributed by atoms with Crippen LogP contribution in [0, 0.1) is 5.82 Å². The Balaban J connectivity index is 2.10. The van der Waals surface area contributed by atoms with E-state index in [1.807, 2.05) is 0 Å². The summed E-state index contributed by atoms with van der Waals surface area (Å²) in [5, 5.41) is 3.37. The average molecular weight is 318 g/mol. The molecule has 0 saturated heterocycles. The van der Waals surface area contributed by atoms with Crippen molar-refractivity contribution in [3.05, 3.63) is 28.5 Å². The third-order valence-electron chi connectivity index (χ3n) is 2.48. The van der Waals surface area contributed by atoms with E-state index in [2.05, 4.69) is 35.1 Å². The van der Waals surface area contributed by atoms with Crippen LogP contribution in [0.3, 0.4) is 0 Å². The van der Waals surface area contributed by atoms with Gasteiger partial charge >= 0.3 is 0 Å². The molecule has 0 aliphatic heterocycles.